The van der Waals surface area contributed by atoms with Crippen LogP contribution in [0.25, 0.3) is 0 Å². The maximum Gasteiger partial charge on any atom is 0.230 e. The normalized spacial score (nSPS) is 14.2. The summed E-state index contributed by atoms with van der Waals surface area (Å²) in [6, 6.07) is 3.82. The smallest absolute Gasteiger partial charge is 0.230 e. The minimum Gasteiger partial charge on any atom is -0.467 e. The lowest BCUT2D eigenvalue weighted by Gasteiger charge is -2.17. The van der Waals surface area contributed by atoms with Crippen LogP contribution in [0.4, 0.5) is 5.95 Å². The molecule has 0 bridgehead atoms. The first-order valence-corrected chi connectivity index (χ1v) is 9.86. The quantitative estimate of drug-likeness (QED) is 0.545. The third kappa shape index (κ3) is 4.78. The molecule has 1 fully saturated rings. The van der Waals surface area contributed by atoms with Gasteiger partial charge in [-0.05, 0) is 31.4 Å². The molecule has 1 N–H and O–H groups in total. The van der Waals surface area contributed by atoms with Crippen molar-refractivity contribution in [3.8, 4) is 0 Å². The molecule has 136 valence electrons. The summed E-state index contributed by atoms with van der Waals surface area (Å²) in [5.41, 5.74) is 0. The average molecular weight is 363 g/mol. The zero-order chi connectivity index (χ0) is 17.5. The summed E-state index contributed by atoms with van der Waals surface area (Å²) in [4.78, 5) is 14.2. The minimum absolute atomic E-state index is 0.0359. The number of carbonyl (C=O) groups excluding carboxylic acids is 1. The van der Waals surface area contributed by atoms with Gasteiger partial charge in [-0.1, -0.05) is 25.1 Å². The highest BCUT2D eigenvalue weighted by Crippen LogP contribution is 2.25. The zero-order valence-corrected chi connectivity index (χ0v) is 15.4. The van der Waals surface area contributed by atoms with Crippen molar-refractivity contribution in [1.82, 2.24) is 20.1 Å². The Kier molecular flexibility index (Phi) is 6.38. The maximum absolute atomic E-state index is 12.0. The average Bonchev–Trinajstić information content (AvgIpc) is 3.36. The van der Waals surface area contributed by atoms with Gasteiger partial charge in [-0.15, -0.1) is 10.2 Å². The van der Waals surface area contributed by atoms with Gasteiger partial charge >= 0.3 is 0 Å². The van der Waals surface area contributed by atoms with Gasteiger partial charge in [-0.2, -0.15) is 0 Å². The third-order valence-corrected chi connectivity index (χ3v) is 5.13. The maximum atomic E-state index is 12.0. The van der Waals surface area contributed by atoms with Crippen LogP contribution >= 0.6 is 11.8 Å². The Morgan fingerprint density at radius 2 is 2.20 bits per heavy atom. The Morgan fingerprint density at radius 1 is 1.36 bits per heavy atom. The van der Waals surface area contributed by atoms with Crippen LogP contribution in [0.1, 0.15) is 38.4 Å². The van der Waals surface area contributed by atoms with E-state index in [1.54, 1.807) is 6.26 Å². The molecule has 2 aromatic heterocycles. The van der Waals surface area contributed by atoms with Crippen LogP contribution in [0.5, 0.6) is 0 Å². The van der Waals surface area contributed by atoms with E-state index in [0.717, 1.165) is 49.3 Å². The summed E-state index contributed by atoms with van der Waals surface area (Å²) in [6.07, 6.45) is 6.10. The number of furan rings is 1. The highest BCUT2D eigenvalue weighted by atomic mass is 32.2. The highest BCUT2D eigenvalue weighted by Gasteiger charge is 2.22. The molecule has 0 aromatic carbocycles. The van der Waals surface area contributed by atoms with Crippen molar-refractivity contribution in [2.75, 3.05) is 30.3 Å². The molecule has 3 heterocycles. The molecule has 1 aliphatic heterocycles. The molecule has 3 rings (SSSR count). The molecular weight excluding hydrogens is 338 g/mol. The number of anilines is 1. The molecular formula is C17H25N5O2S. The predicted octanol–water partition coefficient (Wildman–Crippen LogP) is 2.53. The second-order valence-electron chi connectivity index (χ2n) is 6.13. The number of hydrogen-bond acceptors (Lipinski definition) is 6. The van der Waals surface area contributed by atoms with Gasteiger partial charge in [-0.25, -0.2) is 0 Å². The van der Waals surface area contributed by atoms with E-state index < -0.39 is 0 Å². The Bertz CT molecular complexity index is 665. The summed E-state index contributed by atoms with van der Waals surface area (Å²) in [6.45, 7) is 5.41. The number of hydrogen-bond donors (Lipinski definition) is 1. The van der Waals surface area contributed by atoms with Crippen molar-refractivity contribution in [3.05, 3.63) is 24.2 Å². The van der Waals surface area contributed by atoms with Gasteiger partial charge in [0.25, 0.3) is 0 Å². The molecule has 1 saturated heterocycles. The fraction of sp³-hybridized carbons (Fsp3) is 0.588. The standard InChI is InChI=1S/C17H25N5O2S/c1-2-3-8-18-15(23)13-25-17-20-19-16(21-9-4-5-10-21)22(17)12-14-7-6-11-24-14/h6-7,11H,2-5,8-10,12-13H2,1H3,(H,18,23). The lowest BCUT2D eigenvalue weighted by molar-refractivity contribution is -0.118. The van der Waals surface area contributed by atoms with Crippen molar-refractivity contribution in [1.29, 1.82) is 0 Å². The van der Waals surface area contributed by atoms with Crippen LogP contribution in [0.3, 0.4) is 0 Å². The van der Waals surface area contributed by atoms with Crippen molar-refractivity contribution < 1.29 is 9.21 Å². The lowest BCUT2D eigenvalue weighted by Crippen LogP contribution is -2.26. The van der Waals surface area contributed by atoms with Gasteiger partial charge in [0.2, 0.25) is 11.9 Å². The topological polar surface area (TPSA) is 76.2 Å². The van der Waals surface area contributed by atoms with Crippen LogP contribution < -0.4 is 10.2 Å². The summed E-state index contributed by atoms with van der Waals surface area (Å²) in [5.74, 6) is 2.10. The molecule has 0 atom stereocenters. The molecule has 1 aliphatic rings. The van der Waals surface area contributed by atoms with Crippen LogP contribution in [0, 0.1) is 0 Å². The number of nitrogens with one attached hydrogen (secondary N) is 1. The molecule has 0 spiro atoms. The van der Waals surface area contributed by atoms with Crippen LogP contribution in [0.2, 0.25) is 0 Å². The van der Waals surface area contributed by atoms with Crippen molar-refractivity contribution in [3.63, 3.8) is 0 Å². The van der Waals surface area contributed by atoms with Crippen LogP contribution in [0.15, 0.2) is 28.0 Å². The molecule has 8 heteroatoms. The molecule has 1 amide bonds. The minimum atomic E-state index is 0.0359. The summed E-state index contributed by atoms with van der Waals surface area (Å²) in [7, 11) is 0. The number of rotatable bonds is 9. The van der Waals surface area contributed by atoms with Gasteiger partial charge in [0.1, 0.15) is 5.76 Å². The highest BCUT2D eigenvalue weighted by molar-refractivity contribution is 7.99. The number of carbonyl (C=O) groups is 1. The predicted molar refractivity (Wildman–Crippen MR) is 97.9 cm³/mol. The van der Waals surface area contributed by atoms with Gasteiger partial charge in [0.15, 0.2) is 5.16 Å². The van der Waals surface area contributed by atoms with E-state index in [1.165, 1.54) is 24.6 Å². The Hall–Kier alpha value is -1.96. The fourth-order valence-electron chi connectivity index (χ4n) is 2.82. The summed E-state index contributed by atoms with van der Waals surface area (Å²) >= 11 is 1.42. The first kappa shape index (κ1) is 17.8. The van der Waals surface area contributed by atoms with E-state index in [4.69, 9.17) is 4.42 Å². The monoisotopic (exact) mass is 363 g/mol. The van der Waals surface area contributed by atoms with Crippen molar-refractivity contribution >= 4 is 23.6 Å². The molecule has 0 aliphatic carbocycles. The molecule has 0 unspecified atom stereocenters. The number of nitrogens with zero attached hydrogens (tertiary/aromatic N) is 4. The number of thioether (sulfide) groups is 1. The molecule has 25 heavy (non-hydrogen) atoms. The lowest BCUT2D eigenvalue weighted by atomic mass is 10.3. The Balaban J connectivity index is 1.68. The summed E-state index contributed by atoms with van der Waals surface area (Å²) in [5, 5.41) is 12.4. The van der Waals surface area contributed by atoms with E-state index in [9.17, 15) is 4.79 Å². The second-order valence-corrected chi connectivity index (χ2v) is 7.08. The van der Waals surface area contributed by atoms with Gasteiger partial charge in [0, 0.05) is 19.6 Å². The Labute approximate surface area is 152 Å². The molecule has 7 nitrogen and oxygen atoms in total. The van der Waals surface area contributed by atoms with E-state index in [-0.39, 0.29) is 5.91 Å². The first-order valence-electron chi connectivity index (χ1n) is 8.88. The largest absolute Gasteiger partial charge is 0.467 e. The first-order chi connectivity index (χ1) is 12.3. The molecule has 0 saturated carbocycles. The van der Waals surface area contributed by atoms with Gasteiger partial charge in [-0.3, -0.25) is 9.36 Å². The number of aromatic nitrogens is 3. The van der Waals surface area contributed by atoms with Crippen molar-refractivity contribution in [2.45, 2.75) is 44.3 Å². The number of amides is 1. The van der Waals surface area contributed by atoms with Gasteiger partial charge in [0.05, 0.1) is 18.6 Å². The fourth-order valence-corrected chi connectivity index (χ4v) is 3.58. The Morgan fingerprint density at radius 3 is 2.92 bits per heavy atom. The second kappa shape index (κ2) is 8.94. The number of unbranched alkanes of at least 4 members (excludes halogenated alkanes) is 1. The van der Waals surface area contributed by atoms with Gasteiger partial charge < -0.3 is 14.6 Å². The van der Waals surface area contributed by atoms with Crippen LogP contribution in [-0.2, 0) is 11.3 Å². The third-order valence-electron chi connectivity index (χ3n) is 4.17. The van der Waals surface area contributed by atoms with Crippen LogP contribution in [-0.4, -0.2) is 46.1 Å². The van der Waals surface area contributed by atoms with Crippen molar-refractivity contribution in [2.24, 2.45) is 0 Å². The zero-order valence-electron chi connectivity index (χ0n) is 14.6. The van der Waals surface area contributed by atoms with E-state index >= 15 is 0 Å². The van der Waals surface area contributed by atoms with E-state index in [1.807, 2.05) is 16.7 Å². The molecule has 0 radical (unpaired) electrons. The SMILES string of the molecule is CCCCNC(=O)CSc1nnc(N2CCCC2)n1Cc1ccco1. The van der Waals surface area contributed by atoms with E-state index in [2.05, 4.69) is 27.3 Å². The van der Waals surface area contributed by atoms with E-state index in [0.29, 0.717) is 12.3 Å². The summed E-state index contributed by atoms with van der Waals surface area (Å²) < 4.78 is 7.54. The molecule has 2 aromatic rings.